The Kier molecular flexibility index (Phi) is 6.75. The highest BCUT2D eigenvalue weighted by Gasteiger charge is 2.13. The van der Waals surface area contributed by atoms with Crippen LogP contribution in [-0.2, 0) is 9.59 Å². The molecular weight excluding hydrogens is 292 g/mol. The molecule has 21 heavy (non-hydrogen) atoms. The number of carboxylic acid groups (broad SMARTS) is 1. The molecule has 5 nitrogen and oxygen atoms in total. The molecule has 1 aromatic carbocycles. The summed E-state index contributed by atoms with van der Waals surface area (Å²) in [5.41, 5.74) is 6.67. The monoisotopic (exact) mass is 310 g/mol. The SMILES string of the molecule is CCCCN(CC(N)=O)c1cc(Cl)ccc1/C=C/C(=O)O. The Labute approximate surface area is 129 Å². The highest BCUT2D eigenvalue weighted by molar-refractivity contribution is 6.31. The summed E-state index contributed by atoms with van der Waals surface area (Å²) in [7, 11) is 0. The number of benzene rings is 1. The van der Waals surface area contributed by atoms with Crippen LogP contribution in [0.2, 0.25) is 5.02 Å². The van der Waals surface area contributed by atoms with Gasteiger partial charge in [0.25, 0.3) is 0 Å². The first kappa shape index (κ1) is 17.0. The zero-order chi connectivity index (χ0) is 15.8. The Balaban J connectivity index is 3.16. The summed E-state index contributed by atoms with van der Waals surface area (Å²) < 4.78 is 0. The minimum absolute atomic E-state index is 0.0637. The number of nitrogens with two attached hydrogens (primary N) is 1. The fourth-order valence-electron chi connectivity index (χ4n) is 1.91. The quantitative estimate of drug-likeness (QED) is 0.723. The second-order valence-electron chi connectivity index (χ2n) is 4.62. The van der Waals surface area contributed by atoms with Crippen LogP contribution in [0.1, 0.15) is 25.3 Å². The van der Waals surface area contributed by atoms with Crippen molar-refractivity contribution in [3.63, 3.8) is 0 Å². The summed E-state index contributed by atoms with van der Waals surface area (Å²) in [5.74, 6) is -1.48. The first-order valence-corrected chi connectivity index (χ1v) is 7.05. The number of rotatable bonds is 8. The zero-order valence-electron chi connectivity index (χ0n) is 11.9. The minimum Gasteiger partial charge on any atom is -0.478 e. The van der Waals surface area contributed by atoms with Crippen molar-refractivity contribution in [1.82, 2.24) is 0 Å². The number of unbranched alkanes of at least 4 members (excludes halogenated alkanes) is 1. The van der Waals surface area contributed by atoms with Crippen molar-refractivity contribution in [3.05, 3.63) is 34.9 Å². The lowest BCUT2D eigenvalue weighted by atomic mass is 10.1. The molecular formula is C15H19ClN2O3. The van der Waals surface area contributed by atoms with Gasteiger partial charge in [-0.25, -0.2) is 4.79 Å². The molecule has 6 heteroatoms. The van der Waals surface area contributed by atoms with Crippen molar-refractivity contribution in [2.24, 2.45) is 5.73 Å². The van der Waals surface area contributed by atoms with Crippen LogP contribution in [0.25, 0.3) is 6.08 Å². The summed E-state index contributed by atoms with van der Waals surface area (Å²) in [6.45, 7) is 2.76. The van der Waals surface area contributed by atoms with Gasteiger partial charge in [-0.3, -0.25) is 4.79 Å². The molecule has 0 radical (unpaired) electrons. The molecule has 1 rings (SSSR count). The standard InChI is InChI=1S/C15H19ClN2O3/c1-2-3-8-18(10-14(17)19)13-9-12(16)6-4-11(13)5-7-15(20)21/h4-7,9H,2-3,8,10H2,1H3,(H2,17,19)(H,20,21)/b7-5+. The molecule has 0 bridgehead atoms. The fraction of sp³-hybridized carbons (Fsp3) is 0.333. The molecule has 0 aliphatic heterocycles. The molecule has 1 amide bonds. The van der Waals surface area contributed by atoms with Crippen LogP contribution < -0.4 is 10.6 Å². The summed E-state index contributed by atoms with van der Waals surface area (Å²) in [5, 5.41) is 9.26. The lowest BCUT2D eigenvalue weighted by Crippen LogP contribution is -2.35. The Hall–Kier alpha value is -2.01. The van der Waals surface area contributed by atoms with Crippen molar-refractivity contribution in [2.45, 2.75) is 19.8 Å². The van der Waals surface area contributed by atoms with Crippen LogP contribution in [0.3, 0.4) is 0 Å². The van der Waals surface area contributed by atoms with E-state index in [1.165, 1.54) is 6.08 Å². The molecule has 3 N–H and O–H groups in total. The van der Waals surface area contributed by atoms with Gasteiger partial charge in [0.1, 0.15) is 0 Å². The van der Waals surface area contributed by atoms with Crippen molar-refractivity contribution >= 4 is 35.2 Å². The largest absolute Gasteiger partial charge is 0.478 e. The van der Waals surface area contributed by atoms with E-state index in [0.29, 0.717) is 22.8 Å². The van der Waals surface area contributed by atoms with Gasteiger partial charge in [-0.15, -0.1) is 0 Å². The maximum absolute atomic E-state index is 11.2. The van der Waals surface area contributed by atoms with Crippen molar-refractivity contribution in [1.29, 1.82) is 0 Å². The van der Waals surface area contributed by atoms with Gasteiger partial charge in [0, 0.05) is 23.3 Å². The van der Waals surface area contributed by atoms with E-state index in [1.807, 2.05) is 11.8 Å². The van der Waals surface area contributed by atoms with Crippen molar-refractivity contribution in [3.8, 4) is 0 Å². The summed E-state index contributed by atoms with van der Waals surface area (Å²) in [4.78, 5) is 23.7. The third-order valence-corrected chi connectivity index (χ3v) is 3.10. The van der Waals surface area contributed by atoms with E-state index in [2.05, 4.69) is 0 Å². The van der Waals surface area contributed by atoms with Gasteiger partial charge in [0.15, 0.2) is 0 Å². The Morgan fingerprint density at radius 1 is 1.43 bits per heavy atom. The second-order valence-corrected chi connectivity index (χ2v) is 5.05. The molecule has 0 unspecified atom stereocenters. The minimum atomic E-state index is -1.04. The van der Waals surface area contributed by atoms with Crippen LogP contribution >= 0.6 is 11.6 Å². The number of primary amides is 1. The average Bonchev–Trinajstić information content (AvgIpc) is 2.41. The Morgan fingerprint density at radius 2 is 2.14 bits per heavy atom. The number of halogens is 1. The molecule has 0 saturated carbocycles. The summed E-state index contributed by atoms with van der Waals surface area (Å²) >= 11 is 6.01. The Bertz CT molecular complexity index is 544. The maximum Gasteiger partial charge on any atom is 0.328 e. The van der Waals surface area contributed by atoms with Gasteiger partial charge in [-0.05, 0) is 30.2 Å². The third-order valence-electron chi connectivity index (χ3n) is 2.87. The van der Waals surface area contributed by atoms with Crippen LogP contribution in [0, 0.1) is 0 Å². The lowest BCUT2D eigenvalue weighted by Gasteiger charge is -2.25. The number of hydrogen-bond acceptors (Lipinski definition) is 3. The van der Waals surface area contributed by atoms with Crippen LogP contribution in [0.4, 0.5) is 5.69 Å². The highest BCUT2D eigenvalue weighted by Crippen LogP contribution is 2.26. The number of carboxylic acids is 1. The molecule has 0 saturated heterocycles. The van der Waals surface area contributed by atoms with Gasteiger partial charge >= 0.3 is 5.97 Å². The first-order valence-electron chi connectivity index (χ1n) is 6.67. The number of amides is 1. The van der Waals surface area contributed by atoms with E-state index in [9.17, 15) is 9.59 Å². The maximum atomic E-state index is 11.2. The van der Waals surface area contributed by atoms with Crippen molar-refractivity contribution in [2.75, 3.05) is 18.0 Å². The van der Waals surface area contributed by atoms with Gasteiger partial charge in [0.2, 0.25) is 5.91 Å². The molecule has 0 fully saturated rings. The van der Waals surface area contributed by atoms with E-state index >= 15 is 0 Å². The highest BCUT2D eigenvalue weighted by atomic mass is 35.5. The normalized spacial score (nSPS) is 10.8. The number of nitrogens with zero attached hydrogens (tertiary/aromatic N) is 1. The van der Waals surface area contributed by atoms with E-state index in [0.717, 1.165) is 18.9 Å². The van der Waals surface area contributed by atoms with Crippen LogP contribution in [0.15, 0.2) is 24.3 Å². The van der Waals surface area contributed by atoms with Gasteiger partial charge in [-0.1, -0.05) is 31.0 Å². The Morgan fingerprint density at radius 3 is 2.71 bits per heavy atom. The molecule has 0 atom stereocenters. The summed E-state index contributed by atoms with van der Waals surface area (Å²) in [6, 6.07) is 5.10. The summed E-state index contributed by atoms with van der Waals surface area (Å²) in [6.07, 6.45) is 4.39. The van der Waals surface area contributed by atoms with E-state index < -0.39 is 11.9 Å². The molecule has 0 aromatic heterocycles. The van der Waals surface area contributed by atoms with Crippen molar-refractivity contribution < 1.29 is 14.7 Å². The van der Waals surface area contributed by atoms with Gasteiger partial charge in [0.05, 0.1) is 6.54 Å². The molecule has 1 aromatic rings. The average molecular weight is 311 g/mol. The predicted octanol–water partition coefficient (Wildman–Crippen LogP) is 2.53. The predicted molar refractivity (Wildman–Crippen MR) is 84.4 cm³/mol. The number of aliphatic carboxylic acids is 1. The zero-order valence-corrected chi connectivity index (χ0v) is 12.6. The lowest BCUT2D eigenvalue weighted by molar-refractivity contribution is -0.131. The van der Waals surface area contributed by atoms with E-state index in [-0.39, 0.29) is 6.54 Å². The topological polar surface area (TPSA) is 83.6 Å². The number of carbonyl (C=O) groups is 2. The molecule has 0 heterocycles. The third kappa shape index (κ3) is 5.87. The van der Waals surface area contributed by atoms with Crippen LogP contribution in [0.5, 0.6) is 0 Å². The smallest absolute Gasteiger partial charge is 0.328 e. The first-order chi connectivity index (χ1) is 9.93. The van der Waals surface area contributed by atoms with E-state index in [4.69, 9.17) is 22.4 Å². The van der Waals surface area contributed by atoms with Gasteiger partial charge < -0.3 is 15.7 Å². The molecule has 0 spiro atoms. The number of carbonyl (C=O) groups excluding carboxylic acids is 1. The molecule has 0 aliphatic rings. The number of hydrogen-bond donors (Lipinski definition) is 2. The van der Waals surface area contributed by atoms with Crippen LogP contribution in [-0.4, -0.2) is 30.1 Å². The van der Waals surface area contributed by atoms with E-state index in [1.54, 1.807) is 18.2 Å². The second kappa shape index (κ2) is 8.32. The molecule has 0 aliphatic carbocycles. The fourth-order valence-corrected chi connectivity index (χ4v) is 2.08. The molecule has 114 valence electrons. The number of anilines is 1. The van der Waals surface area contributed by atoms with Gasteiger partial charge in [-0.2, -0.15) is 0 Å².